The van der Waals surface area contributed by atoms with Crippen molar-refractivity contribution in [3.63, 3.8) is 0 Å². The van der Waals surface area contributed by atoms with E-state index in [1.54, 1.807) is 0 Å². The van der Waals surface area contributed by atoms with E-state index in [0.29, 0.717) is 30.1 Å². The molecule has 0 amide bonds. The molecule has 3 nitrogen and oxygen atoms in total. The maximum absolute atomic E-state index is 12.6. The first-order valence-electron chi connectivity index (χ1n) is 9.58. The number of esters is 1. The Morgan fingerprint density at radius 3 is 2.71 bits per heavy atom. The number of allylic oxidation sites excluding steroid dienone is 1. The van der Waals surface area contributed by atoms with Crippen LogP contribution in [0.15, 0.2) is 12.2 Å². The van der Waals surface area contributed by atoms with Gasteiger partial charge in [-0.05, 0) is 74.5 Å². The summed E-state index contributed by atoms with van der Waals surface area (Å²) in [6.07, 6.45) is 9.34. The molecule has 0 aromatic heterocycles. The fourth-order valence-corrected chi connectivity index (χ4v) is 6.83. The van der Waals surface area contributed by atoms with Gasteiger partial charge in [-0.25, -0.2) is 0 Å². The van der Waals surface area contributed by atoms with E-state index in [4.69, 9.17) is 4.74 Å². The summed E-state index contributed by atoms with van der Waals surface area (Å²) in [5, 5.41) is 0. The van der Waals surface area contributed by atoms with Gasteiger partial charge in [-0.1, -0.05) is 25.5 Å². The van der Waals surface area contributed by atoms with Crippen molar-refractivity contribution in [3.8, 4) is 0 Å². The third-order valence-electron chi connectivity index (χ3n) is 7.95. The van der Waals surface area contributed by atoms with Crippen LogP contribution in [0.25, 0.3) is 0 Å². The highest BCUT2D eigenvalue weighted by Crippen LogP contribution is 2.65. The number of rotatable bonds is 3. The van der Waals surface area contributed by atoms with Crippen molar-refractivity contribution in [2.24, 2.45) is 34.5 Å². The van der Waals surface area contributed by atoms with Crippen LogP contribution in [0.3, 0.4) is 0 Å². The van der Waals surface area contributed by atoms with Crippen molar-refractivity contribution < 1.29 is 14.3 Å². The van der Waals surface area contributed by atoms with Gasteiger partial charge in [0.1, 0.15) is 6.29 Å². The molecule has 0 aliphatic heterocycles. The van der Waals surface area contributed by atoms with E-state index in [-0.39, 0.29) is 16.8 Å². The van der Waals surface area contributed by atoms with Crippen LogP contribution < -0.4 is 0 Å². The van der Waals surface area contributed by atoms with Crippen molar-refractivity contribution in [2.45, 2.75) is 65.2 Å². The number of fused-ring (bicyclic) bond motifs is 3. The fraction of sp³-hybridized carbons (Fsp3) is 0.810. The van der Waals surface area contributed by atoms with Crippen LogP contribution in [0.1, 0.15) is 65.2 Å². The number of carbonyl (C=O) groups excluding carboxylic acids is 2. The summed E-state index contributed by atoms with van der Waals surface area (Å²) in [7, 11) is 1.52. The molecule has 0 radical (unpaired) electrons. The molecule has 3 aliphatic rings. The Labute approximate surface area is 146 Å². The minimum atomic E-state index is -0.346. The molecule has 0 aromatic rings. The molecule has 6 atom stereocenters. The monoisotopic (exact) mass is 332 g/mol. The standard InChI is InChI=1S/C21H32O3/c1-14-6-8-17-16(15(14)10-13-22)7-9-18-20(17,2)11-5-12-21(18,3)19(23)24-4/h13,15-18H,1,5-12H2,2-4H3/t15-,16-,17-,18+,20+,21-/m0/s1. The molecule has 3 fully saturated rings. The SMILES string of the molecule is C=C1CC[C@H]2[C@@H](CC[C@@H]3[C@]2(C)CCC[C@]3(C)C(=O)OC)[C@H]1CC=O. The van der Waals surface area contributed by atoms with Gasteiger partial charge in [-0.3, -0.25) is 4.79 Å². The lowest BCUT2D eigenvalue weighted by Gasteiger charge is -2.61. The van der Waals surface area contributed by atoms with Crippen molar-refractivity contribution in [2.75, 3.05) is 7.11 Å². The summed E-state index contributed by atoms with van der Waals surface area (Å²) in [6.45, 7) is 8.82. The first kappa shape index (κ1) is 17.7. The zero-order valence-corrected chi connectivity index (χ0v) is 15.5. The van der Waals surface area contributed by atoms with Crippen molar-refractivity contribution in [1.82, 2.24) is 0 Å². The first-order valence-corrected chi connectivity index (χ1v) is 9.58. The summed E-state index contributed by atoms with van der Waals surface area (Å²) in [5.74, 6) is 1.90. The second-order valence-corrected chi connectivity index (χ2v) is 8.87. The summed E-state index contributed by atoms with van der Waals surface area (Å²) >= 11 is 0. The van der Waals surface area contributed by atoms with E-state index in [2.05, 4.69) is 20.4 Å². The number of hydrogen-bond donors (Lipinski definition) is 0. The van der Waals surface area contributed by atoms with Crippen molar-refractivity contribution in [3.05, 3.63) is 12.2 Å². The van der Waals surface area contributed by atoms with Gasteiger partial charge >= 0.3 is 5.97 Å². The highest BCUT2D eigenvalue weighted by molar-refractivity contribution is 5.77. The van der Waals surface area contributed by atoms with E-state index >= 15 is 0 Å². The van der Waals surface area contributed by atoms with Gasteiger partial charge < -0.3 is 9.53 Å². The number of methoxy groups -OCH3 is 1. The Morgan fingerprint density at radius 2 is 2.04 bits per heavy atom. The van der Waals surface area contributed by atoms with Crippen LogP contribution >= 0.6 is 0 Å². The lowest BCUT2D eigenvalue weighted by molar-refractivity contribution is -0.176. The average molecular weight is 332 g/mol. The Bertz CT molecular complexity index is 539. The summed E-state index contributed by atoms with van der Waals surface area (Å²) in [4.78, 5) is 23.8. The summed E-state index contributed by atoms with van der Waals surface area (Å²) in [6, 6.07) is 0. The molecule has 3 aliphatic carbocycles. The van der Waals surface area contributed by atoms with E-state index < -0.39 is 0 Å². The average Bonchev–Trinajstić information content (AvgIpc) is 2.56. The number of aldehydes is 1. The third-order valence-corrected chi connectivity index (χ3v) is 7.95. The van der Waals surface area contributed by atoms with Gasteiger partial charge in [0.25, 0.3) is 0 Å². The van der Waals surface area contributed by atoms with Crippen LogP contribution in [0, 0.1) is 34.5 Å². The van der Waals surface area contributed by atoms with Crippen LogP contribution in [0.4, 0.5) is 0 Å². The molecule has 0 aromatic carbocycles. The van der Waals surface area contributed by atoms with Gasteiger partial charge in [0.05, 0.1) is 12.5 Å². The Kier molecular flexibility index (Phi) is 4.65. The number of hydrogen-bond acceptors (Lipinski definition) is 3. The van der Waals surface area contributed by atoms with Gasteiger partial charge in [0.2, 0.25) is 0 Å². The zero-order chi connectivity index (χ0) is 17.5. The van der Waals surface area contributed by atoms with Crippen LogP contribution in [0.2, 0.25) is 0 Å². The highest BCUT2D eigenvalue weighted by Gasteiger charge is 2.60. The van der Waals surface area contributed by atoms with Crippen LogP contribution in [-0.4, -0.2) is 19.4 Å². The first-order chi connectivity index (χ1) is 11.4. The van der Waals surface area contributed by atoms with Gasteiger partial charge in [-0.2, -0.15) is 0 Å². The molecule has 0 saturated heterocycles. The Morgan fingerprint density at radius 1 is 1.29 bits per heavy atom. The second kappa shape index (κ2) is 6.31. The maximum Gasteiger partial charge on any atom is 0.311 e. The van der Waals surface area contributed by atoms with Gasteiger partial charge in [-0.15, -0.1) is 0 Å². The molecule has 0 spiro atoms. The van der Waals surface area contributed by atoms with E-state index in [1.807, 2.05) is 0 Å². The minimum Gasteiger partial charge on any atom is -0.469 e. The number of carbonyl (C=O) groups is 2. The molecular weight excluding hydrogens is 300 g/mol. The molecule has 0 N–H and O–H groups in total. The van der Waals surface area contributed by atoms with Crippen molar-refractivity contribution in [1.29, 1.82) is 0 Å². The van der Waals surface area contributed by atoms with Gasteiger partial charge in [0, 0.05) is 6.42 Å². The molecule has 3 heteroatoms. The van der Waals surface area contributed by atoms with Crippen molar-refractivity contribution >= 4 is 12.3 Å². The molecule has 134 valence electrons. The lowest BCUT2D eigenvalue weighted by Crippen LogP contribution is -2.57. The minimum absolute atomic E-state index is 0.0264. The molecule has 3 saturated carbocycles. The topological polar surface area (TPSA) is 43.4 Å². The van der Waals surface area contributed by atoms with E-state index in [1.165, 1.54) is 25.5 Å². The maximum atomic E-state index is 12.6. The lowest BCUT2D eigenvalue weighted by atomic mass is 9.43. The molecule has 24 heavy (non-hydrogen) atoms. The summed E-state index contributed by atoms with van der Waals surface area (Å²) < 4.78 is 5.20. The molecule has 0 heterocycles. The van der Waals surface area contributed by atoms with Gasteiger partial charge in [0.15, 0.2) is 0 Å². The van der Waals surface area contributed by atoms with E-state index in [9.17, 15) is 9.59 Å². The molecule has 0 bridgehead atoms. The van der Waals surface area contributed by atoms with Crippen LogP contribution in [0.5, 0.6) is 0 Å². The van der Waals surface area contributed by atoms with Crippen LogP contribution in [-0.2, 0) is 14.3 Å². The predicted molar refractivity (Wildman–Crippen MR) is 94.3 cm³/mol. The fourth-order valence-electron chi connectivity index (χ4n) is 6.83. The largest absolute Gasteiger partial charge is 0.469 e. The predicted octanol–water partition coefficient (Wildman–Crippen LogP) is 4.55. The normalized spacial score (nSPS) is 45.0. The smallest absolute Gasteiger partial charge is 0.311 e. The quantitative estimate of drug-likeness (QED) is 0.432. The third kappa shape index (κ3) is 2.46. The molecular formula is C21H32O3. The highest BCUT2D eigenvalue weighted by atomic mass is 16.5. The van der Waals surface area contributed by atoms with E-state index in [0.717, 1.165) is 38.4 Å². The Hall–Kier alpha value is -1.12. The summed E-state index contributed by atoms with van der Waals surface area (Å²) in [5.41, 5.74) is 1.12. The Balaban J connectivity index is 1.94. The zero-order valence-electron chi connectivity index (χ0n) is 15.5. The molecule has 3 rings (SSSR count). The number of ether oxygens (including phenoxy) is 1. The second-order valence-electron chi connectivity index (χ2n) is 8.87. The molecule has 0 unspecified atom stereocenters.